The zero-order valence-corrected chi connectivity index (χ0v) is 7.60. The van der Waals surface area contributed by atoms with Gasteiger partial charge in [0, 0.05) is 11.6 Å². The summed E-state index contributed by atoms with van der Waals surface area (Å²) in [5.74, 6) is 0. The summed E-state index contributed by atoms with van der Waals surface area (Å²) in [6.45, 7) is 1.89. The zero-order chi connectivity index (χ0) is 9.68. The molecule has 0 fully saturated rings. The van der Waals surface area contributed by atoms with Crippen molar-refractivity contribution >= 4 is 12.4 Å². The van der Waals surface area contributed by atoms with Gasteiger partial charge in [-0.1, -0.05) is 36.4 Å². The van der Waals surface area contributed by atoms with Crippen LogP contribution in [0.25, 0.3) is 6.08 Å². The summed E-state index contributed by atoms with van der Waals surface area (Å²) in [6.07, 6.45) is 4.58. The Hall–Kier alpha value is -1.41. The molecule has 0 radical (unpaired) electrons. The van der Waals surface area contributed by atoms with Crippen molar-refractivity contribution in [2.75, 3.05) is 0 Å². The molecule has 1 aromatic rings. The number of hydrogen-bond donors (Lipinski definition) is 1. The van der Waals surface area contributed by atoms with Crippen molar-refractivity contribution in [2.24, 2.45) is 5.73 Å². The van der Waals surface area contributed by atoms with Crippen molar-refractivity contribution in [1.82, 2.24) is 0 Å². The lowest BCUT2D eigenvalue weighted by Gasteiger charge is -1.98. The minimum atomic E-state index is 0.0136. The number of aldehydes is 1. The van der Waals surface area contributed by atoms with Gasteiger partial charge >= 0.3 is 0 Å². The first-order valence-electron chi connectivity index (χ1n) is 4.22. The fraction of sp³-hybridized carbons (Fsp3) is 0.182. The highest BCUT2D eigenvalue weighted by Gasteiger charge is 1.95. The van der Waals surface area contributed by atoms with Crippen LogP contribution in [0.2, 0.25) is 0 Å². The van der Waals surface area contributed by atoms with Crippen LogP contribution in [0, 0.1) is 0 Å². The highest BCUT2D eigenvalue weighted by atomic mass is 16.1. The van der Waals surface area contributed by atoms with Crippen LogP contribution in [-0.4, -0.2) is 12.3 Å². The van der Waals surface area contributed by atoms with Gasteiger partial charge in [-0.15, -0.1) is 0 Å². The fourth-order valence-corrected chi connectivity index (χ4v) is 1.03. The molecule has 2 heteroatoms. The summed E-state index contributed by atoms with van der Waals surface area (Å²) in [6, 6.07) is 7.43. The van der Waals surface area contributed by atoms with Crippen molar-refractivity contribution in [3.63, 3.8) is 0 Å². The van der Waals surface area contributed by atoms with E-state index in [4.69, 9.17) is 5.73 Å². The van der Waals surface area contributed by atoms with Crippen molar-refractivity contribution in [3.05, 3.63) is 41.5 Å². The molecule has 13 heavy (non-hydrogen) atoms. The van der Waals surface area contributed by atoms with E-state index < -0.39 is 0 Å². The number of nitrogens with two attached hydrogens (primary N) is 1. The average Bonchev–Trinajstić information content (AvgIpc) is 2.15. The van der Waals surface area contributed by atoms with E-state index in [1.807, 2.05) is 37.3 Å². The molecule has 1 atom stereocenters. The van der Waals surface area contributed by atoms with E-state index in [1.165, 1.54) is 0 Å². The lowest BCUT2D eigenvalue weighted by molar-refractivity contribution is 0.112. The summed E-state index contributed by atoms with van der Waals surface area (Å²) in [5.41, 5.74) is 7.16. The second-order valence-corrected chi connectivity index (χ2v) is 2.97. The molecule has 68 valence electrons. The largest absolute Gasteiger partial charge is 0.325 e. The molecule has 0 saturated carbocycles. The number of hydrogen-bond acceptors (Lipinski definition) is 2. The quantitative estimate of drug-likeness (QED) is 0.712. The molecule has 1 unspecified atom stereocenters. The summed E-state index contributed by atoms with van der Waals surface area (Å²) >= 11 is 0. The SMILES string of the molecule is CC(N)/C=C/c1ccccc1C=O. The maximum Gasteiger partial charge on any atom is 0.150 e. The Labute approximate surface area is 78.1 Å². The third kappa shape index (κ3) is 2.84. The van der Waals surface area contributed by atoms with Crippen molar-refractivity contribution in [2.45, 2.75) is 13.0 Å². The topological polar surface area (TPSA) is 43.1 Å². The molecule has 0 saturated heterocycles. The molecule has 0 aliphatic carbocycles. The van der Waals surface area contributed by atoms with Crippen LogP contribution in [0.3, 0.4) is 0 Å². The van der Waals surface area contributed by atoms with Crippen LogP contribution in [0.1, 0.15) is 22.8 Å². The first-order valence-corrected chi connectivity index (χ1v) is 4.22. The maximum atomic E-state index is 10.6. The molecule has 2 nitrogen and oxygen atoms in total. The van der Waals surface area contributed by atoms with Gasteiger partial charge in [0.1, 0.15) is 0 Å². The lowest BCUT2D eigenvalue weighted by atomic mass is 10.1. The van der Waals surface area contributed by atoms with Crippen LogP contribution < -0.4 is 5.73 Å². The smallest absolute Gasteiger partial charge is 0.150 e. The van der Waals surface area contributed by atoms with Gasteiger partial charge in [-0.05, 0) is 12.5 Å². The van der Waals surface area contributed by atoms with Gasteiger partial charge in [-0.3, -0.25) is 4.79 Å². The molecule has 0 amide bonds. The molecule has 1 rings (SSSR count). The van der Waals surface area contributed by atoms with E-state index >= 15 is 0 Å². The summed E-state index contributed by atoms with van der Waals surface area (Å²) in [5, 5.41) is 0. The van der Waals surface area contributed by atoms with Gasteiger partial charge < -0.3 is 5.73 Å². The minimum absolute atomic E-state index is 0.0136. The van der Waals surface area contributed by atoms with E-state index in [2.05, 4.69) is 0 Å². The number of carbonyl (C=O) groups is 1. The molecule has 2 N–H and O–H groups in total. The van der Waals surface area contributed by atoms with Crippen molar-refractivity contribution < 1.29 is 4.79 Å². The Morgan fingerprint density at radius 1 is 1.31 bits per heavy atom. The Morgan fingerprint density at radius 3 is 2.46 bits per heavy atom. The summed E-state index contributed by atoms with van der Waals surface area (Å²) in [7, 11) is 0. The van der Waals surface area contributed by atoms with Gasteiger partial charge in [0.05, 0.1) is 0 Å². The zero-order valence-electron chi connectivity index (χ0n) is 7.60. The maximum absolute atomic E-state index is 10.6. The molecule has 0 bridgehead atoms. The van der Waals surface area contributed by atoms with Crippen LogP contribution in [0.5, 0.6) is 0 Å². The highest BCUT2D eigenvalue weighted by molar-refractivity contribution is 5.81. The van der Waals surface area contributed by atoms with Crippen molar-refractivity contribution in [1.29, 1.82) is 0 Å². The van der Waals surface area contributed by atoms with Gasteiger partial charge in [0.2, 0.25) is 0 Å². The monoisotopic (exact) mass is 175 g/mol. The van der Waals surface area contributed by atoms with E-state index in [-0.39, 0.29) is 6.04 Å². The number of benzene rings is 1. The molecule has 0 aliphatic rings. The van der Waals surface area contributed by atoms with Gasteiger partial charge in [-0.25, -0.2) is 0 Å². The lowest BCUT2D eigenvalue weighted by Crippen LogP contribution is -2.09. The summed E-state index contributed by atoms with van der Waals surface area (Å²) in [4.78, 5) is 10.6. The molecule has 1 aromatic carbocycles. The molecule has 0 heterocycles. The molecule has 0 aliphatic heterocycles. The first kappa shape index (κ1) is 9.68. The van der Waals surface area contributed by atoms with Gasteiger partial charge in [0.15, 0.2) is 6.29 Å². The van der Waals surface area contributed by atoms with E-state index in [0.717, 1.165) is 11.8 Å². The number of carbonyl (C=O) groups excluding carboxylic acids is 1. The first-order chi connectivity index (χ1) is 6.24. The minimum Gasteiger partial charge on any atom is -0.325 e. The van der Waals surface area contributed by atoms with Gasteiger partial charge in [0.25, 0.3) is 0 Å². The van der Waals surface area contributed by atoms with E-state index in [1.54, 1.807) is 6.07 Å². The van der Waals surface area contributed by atoms with E-state index in [0.29, 0.717) is 5.56 Å². The molecule has 0 spiro atoms. The Bertz CT molecular complexity index is 316. The molecule has 0 aromatic heterocycles. The van der Waals surface area contributed by atoms with Crippen LogP contribution in [0.4, 0.5) is 0 Å². The standard InChI is InChI=1S/C11H13NO/c1-9(12)6-7-10-4-2-3-5-11(10)8-13/h2-9H,12H2,1H3/b7-6+. The fourth-order valence-electron chi connectivity index (χ4n) is 1.03. The highest BCUT2D eigenvalue weighted by Crippen LogP contribution is 2.08. The molecular weight excluding hydrogens is 162 g/mol. The third-order valence-electron chi connectivity index (χ3n) is 1.70. The molecular formula is C11H13NO. The van der Waals surface area contributed by atoms with Crippen LogP contribution in [0.15, 0.2) is 30.3 Å². The van der Waals surface area contributed by atoms with Crippen LogP contribution in [-0.2, 0) is 0 Å². The Kier molecular flexibility index (Phi) is 3.41. The van der Waals surface area contributed by atoms with E-state index in [9.17, 15) is 4.79 Å². The third-order valence-corrected chi connectivity index (χ3v) is 1.70. The summed E-state index contributed by atoms with van der Waals surface area (Å²) < 4.78 is 0. The predicted octanol–water partition coefficient (Wildman–Crippen LogP) is 1.86. The normalized spacial score (nSPS) is 13.1. The van der Waals surface area contributed by atoms with Crippen LogP contribution >= 0.6 is 0 Å². The average molecular weight is 175 g/mol. The Balaban J connectivity index is 2.93. The van der Waals surface area contributed by atoms with Crippen molar-refractivity contribution in [3.8, 4) is 0 Å². The second-order valence-electron chi connectivity index (χ2n) is 2.97. The second kappa shape index (κ2) is 4.58. The predicted molar refractivity (Wildman–Crippen MR) is 54.5 cm³/mol. The Morgan fingerprint density at radius 2 is 1.92 bits per heavy atom. The van der Waals surface area contributed by atoms with Gasteiger partial charge in [-0.2, -0.15) is 0 Å². The number of rotatable bonds is 3.